The maximum atomic E-state index is 12.6. The number of nitrogens with zero attached hydrogens (tertiary/aromatic N) is 3. The minimum absolute atomic E-state index is 0.198. The molecule has 8 nitrogen and oxygen atoms in total. The Kier molecular flexibility index (Phi) is 6.91. The van der Waals surface area contributed by atoms with Gasteiger partial charge in [-0.15, -0.1) is 0 Å². The summed E-state index contributed by atoms with van der Waals surface area (Å²) in [5.74, 6) is 2.71. The van der Waals surface area contributed by atoms with Crippen molar-refractivity contribution in [3.8, 4) is 11.5 Å². The molecule has 1 amide bonds. The Morgan fingerprint density at radius 2 is 1.84 bits per heavy atom. The molecule has 1 aromatic carbocycles. The van der Waals surface area contributed by atoms with Gasteiger partial charge in [-0.1, -0.05) is 18.2 Å². The van der Waals surface area contributed by atoms with Gasteiger partial charge in [-0.2, -0.15) is 0 Å². The van der Waals surface area contributed by atoms with Crippen LogP contribution in [0.2, 0.25) is 0 Å². The smallest absolute Gasteiger partial charge is 0.287 e. The fraction of sp³-hybridized carbons (Fsp3) is 0.333. The van der Waals surface area contributed by atoms with Gasteiger partial charge in [0.1, 0.15) is 18.2 Å². The molecule has 1 N–H and O–H groups in total. The Morgan fingerprint density at radius 1 is 1.06 bits per heavy atom. The van der Waals surface area contributed by atoms with Crippen LogP contribution in [0.15, 0.2) is 59.1 Å². The molecule has 3 heterocycles. The van der Waals surface area contributed by atoms with Gasteiger partial charge in [0.15, 0.2) is 17.3 Å². The van der Waals surface area contributed by atoms with Gasteiger partial charge in [0, 0.05) is 44.5 Å². The Labute approximate surface area is 187 Å². The standard InChI is InChI=1S/C24H28N4O4/c1-27-12-14-28(15-13-27)23-18(6-5-11-25-23)16-26-24(29)22-10-9-19(32-22)17-31-21-8-4-3-7-20(21)30-2/h3-11H,12-17H2,1-2H3,(H,26,29). The first-order chi connectivity index (χ1) is 15.6. The van der Waals surface area contributed by atoms with E-state index >= 15 is 0 Å². The summed E-state index contributed by atoms with van der Waals surface area (Å²) in [6.45, 7) is 4.40. The molecule has 8 heteroatoms. The number of anilines is 1. The number of methoxy groups -OCH3 is 1. The van der Waals surface area contributed by atoms with Crippen LogP contribution in [0.4, 0.5) is 5.82 Å². The van der Waals surface area contributed by atoms with Crippen LogP contribution in [0.1, 0.15) is 21.9 Å². The maximum Gasteiger partial charge on any atom is 0.287 e. The lowest BCUT2D eigenvalue weighted by molar-refractivity contribution is 0.0919. The SMILES string of the molecule is COc1ccccc1OCc1ccc(C(=O)NCc2cccnc2N2CCN(C)CC2)o1. The topological polar surface area (TPSA) is 80.1 Å². The normalized spacial score (nSPS) is 14.2. The minimum Gasteiger partial charge on any atom is -0.493 e. The summed E-state index contributed by atoms with van der Waals surface area (Å²) in [7, 11) is 3.71. The van der Waals surface area contributed by atoms with Gasteiger partial charge in [-0.3, -0.25) is 4.79 Å². The Hall–Kier alpha value is -3.52. The van der Waals surface area contributed by atoms with E-state index in [0.717, 1.165) is 37.6 Å². The van der Waals surface area contributed by atoms with E-state index in [1.54, 1.807) is 25.4 Å². The highest BCUT2D eigenvalue weighted by Gasteiger charge is 2.19. The van der Waals surface area contributed by atoms with E-state index in [4.69, 9.17) is 13.9 Å². The number of pyridine rings is 1. The highest BCUT2D eigenvalue weighted by molar-refractivity contribution is 5.91. The predicted molar refractivity (Wildman–Crippen MR) is 121 cm³/mol. The summed E-state index contributed by atoms with van der Waals surface area (Å²) in [4.78, 5) is 21.7. The second-order valence-corrected chi connectivity index (χ2v) is 7.66. The molecule has 4 rings (SSSR count). The third-order valence-electron chi connectivity index (χ3n) is 5.43. The molecule has 0 spiro atoms. The first-order valence-electron chi connectivity index (χ1n) is 10.6. The van der Waals surface area contributed by atoms with Gasteiger partial charge in [0.2, 0.25) is 0 Å². The van der Waals surface area contributed by atoms with E-state index in [0.29, 0.717) is 23.8 Å². The first kappa shape index (κ1) is 21.7. The fourth-order valence-electron chi connectivity index (χ4n) is 3.60. The average molecular weight is 437 g/mol. The number of likely N-dealkylation sites (N-methyl/N-ethyl adjacent to an activating group) is 1. The van der Waals surface area contributed by atoms with E-state index < -0.39 is 0 Å². The molecule has 32 heavy (non-hydrogen) atoms. The second-order valence-electron chi connectivity index (χ2n) is 7.66. The van der Waals surface area contributed by atoms with Crippen molar-refractivity contribution in [3.63, 3.8) is 0 Å². The Balaban J connectivity index is 1.34. The fourth-order valence-corrected chi connectivity index (χ4v) is 3.60. The van der Waals surface area contributed by atoms with E-state index in [1.807, 2.05) is 36.4 Å². The molecule has 0 aliphatic carbocycles. The quantitative estimate of drug-likeness (QED) is 0.582. The van der Waals surface area contributed by atoms with Gasteiger partial charge >= 0.3 is 0 Å². The van der Waals surface area contributed by atoms with E-state index in [-0.39, 0.29) is 18.3 Å². The molecule has 1 aliphatic heterocycles. The highest BCUT2D eigenvalue weighted by Crippen LogP contribution is 2.27. The van der Waals surface area contributed by atoms with Gasteiger partial charge in [-0.05, 0) is 37.4 Å². The van der Waals surface area contributed by atoms with Crippen molar-refractivity contribution in [1.82, 2.24) is 15.2 Å². The van der Waals surface area contributed by atoms with Crippen molar-refractivity contribution in [3.05, 3.63) is 71.8 Å². The minimum atomic E-state index is -0.276. The maximum absolute atomic E-state index is 12.6. The van der Waals surface area contributed by atoms with E-state index in [9.17, 15) is 4.79 Å². The van der Waals surface area contributed by atoms with Crippen LogP contribution in [0.25, 0.3) is 0 Å². The van der Waals surface area contributed by atoms with Crippen LogP contribution in [0.3, 0.4) is 0 Å². The van der Waals surface area contributed by atoms with Crippen molar-refractivity contribution >= 4 is 11.7 Å². The van der Waals surface area contributed by atoms with E-state index in [1.165, 1.54) is 0 Å². The monoisotopic (exact) mass is 436 g/mol. The number of para-hydroxylation sites is 2. The summed E-state index contributed by atoms with van der Waals surface area (Å²) in [6, 6.07) is 14.7. The van der Waals surface area contributed by atoms with Crippen LogP contribution in [0, 0.1) is 0 Å². The number of carbonyl (C=O) groups is 1. The summed E-state index contributed by atoms with van der Waals surface area (Å²) < 4.78 is 16.7. The summed E-state index contributed by atoms with van der Waals surface area (Å²) in [5, 5.41) is 2.94. The molecular weight excluding hydrogens is 408 g/mol. The number of furan rings is 1. The molecule has 0 saturated carbocycles. The van der Waals surface area contributed by atoms with Crippen LogP contribution >= 0.6 is 0 Å². The molecular formula is C24H28N4O4. The number of hydrogen-bond acceptors (Lipinski definition) is 7. The molecule has 168 valence electrons. The van der Waals surface area contributed by atoms with Crippen LogP contribution in [0.5, 0.6) is 11.5 Å². The van der Waals surface area contributed by atoms with Crippen LogP contribution in [-0.2, 0) is 13.2 Å². The lowest BCUT2D eigenvalue weighted by Gasteiger charge is -2.34. The number of amides is 1. The Morgan fingerprint density at radius 3 is 2.62 bits per heavy atom. The number of benzene rings is 1. The zero-order chi connectivity index (χ0) is 22.3. The molecule has 1 fully saturated rings. The molecule has 1 aliphatic rings. The predicted octanol–water partition coefficient (Wildman–Crippen LogP) is 2.94. The molecule has 3 aromatic rings. The first-order valence-corrected chi connectivity index (χ1v) is 10.6. The summed E-state index contributed by atoms with van der Waals surface area (Å²) >= 11 is 0. The average Bonchev–Trinajstić information content (AvgIpc) is 3.31. The zero-order valence-electron chi connectivity index (χ0n) is 18.4. The largest absolute Gasteiger partial charge is 0.493 e. The third-order valence-corrected chi connectivity index (χ3v) is 5.43. The highest BCUT2D eigenvalue weighted by atomic mass is 16.5. The lowest BCUT2D eigenvalue weighted by atomic mass is 10.2. The molecule has 0 atom stereocenters. The van der Waals surface area contributed by atoms with Crippen LogP contribution in [-0.4, -0.2) is 56.1 Å². The molecule has 2 aromatic heterocycles. The van der Waals surface area contributed by atoms with Crippen molar-refractivity contribution in [2.24, 2.45) is 0 Å². The van der Waals surface area contributed by atoms with Gasteiger partial charge in [0.25, 0.3) is 5.91 Å². The van der Waals surface area contributed by atoms with Crippen molar-refractivity contribution in [2.75, 3.05) is 45.2 Å². The van der Waals surface area contributed by atoms with Gasteiger partial charge in [-0.25, -0.2) is 4.98 Å². The molecule has 0 bridgehead atoms. The molecule has 1 saturated heterocycles. The lowest BCUT2D eigenvalue weighted by Crippen LogP contribution is -2.45. The van der Waals surface area contributed by atoms with Crippen LogP contribution < -0.4 is 19.7 Å². The van der Waals surface area contributed by atoms with Crippen molar-refractivity contribution < 1.29 is 18.7 Å². The molecule has 0 unspecified atom stereocenters. The number of piperazine rings is 1. The zero-order valence-corrected chi connectivity index (χ0v) is 18.4. The second kappa shape index (κ2) is 10.2. The third kappa shape index (κ3) is 5.20. The van der Waals surface area contributed by atoms with Crippen molar-refractivity contribution in [1.29, 1.82) is 0 Å². The number of hydrogen-bond donors (Lipinski definition) is 1. The summed E-state index contributed by atoms with van der Waals surface area (Å²) in [6.07, 6.45) is 1.79. The van der Waals surface area contributed by atoms with Gasteiger partial charge in [0.05, 0.1) is 7.11 Å². The number of nitrogens with one attached hydrogen (secondary N) is 1. The number of aromatic nitrogens is 1. The van der Waals surface area contributed by atoms with Gasteiger partial charge < -0.3 is 29.0 Å². The van der Waals surface area contributed by atoms with Crippen molar-refractivity contribution in [2.45, 2.75) is 13.2 Å². The number of rotatable bonds is 8. The summed E-state index contributed by atoms with van der Waals surface area (Å²) in [5.41, 5.74) is 0.983. The number of carbonyl (C=O) groups excluding carboxylic acids is 1. The van der Waals surface area contributed by atoms with E-state index in [2.05, 4.69) is 27.1 Å². The number of ether oxygens (including phenoxy) is 2. The molecule has 0 radical (unpaired) electrons. The Bertz CT molecular complexity index is 1040.